The van der Waals surface area contributed by atoms with Gasteiger partial charge in [-0.05, 0) is 29.8 Å². The third-order valence-corrected chi connectivity index (χ3v) is 2.84. The summed E-state index contributed by atoms with van der Waals surface area (Å²) in [6.45, 7) is 15.1. The molecule has 0 heterocycles. The maximum absolute atomic E-state index is 8.00. The molecule has 0 amide bonds. The fourth-order valence-corrected chi connectivity index (χ4v) is 1.66. The quantitative estimate of drug-likeness (QED) is 0.240. The van der Waals surface area contributed by atoms with E-state index >= 15 is 0 Å². The SMILES string of the molecule is Cl.[C-]#[N+]c1ccc(OCCN)cc1.[C-]#[N+]c1ccc(OCCN=[N+]=[N-])cc1. The molecule has 0 atom stereocenters. The summed E-state index contributed by atoms with van der Waals surface area (Å²) in [5.41, 5.74) is 14.5. The number of hydrogen-bond acceptors (Lipinski definition) is 4. The predicted molar refractivity (Wildman–Crippen MR) is 107 cm³/mol. The van der Waals surface area contributed by atoms with Crippen LogP contribution in [-0.2, 0) is 0 Å². The van der Waals surface area contributed by atoms with Gasteiger partial charge in [-0.15, -0.1) is 12.4 Å². The summed E-state index contributed by atoms with van der Waals surface area (Å²) in [6.07, 6.45) is 0. The number of hydrogen-bond donors (Lipinski definition) is 1. The Kier molecular flexibility index (Phi) is 13.0. The van der Waals surface area contributed by atoms with E-state index < -0.39 is 0 Å². The molecule has 9 heteroatoms. The summed E-state index contributed by atoms with van der Waals surface area (Å²) in [7, 11) is 0. The second kappa shape index (κ2) is 14.9. The highest BCUT2D eigenvalue weighted by Crippen LogP contribution is 2.18. The van der Waals surface area contributed by atoms with E-state index in [0.717, 1.165) is 5.75 Å². The molecule has 0 unspecified atom stereocenters. The van der Waals surface area contributed by atoms with Crippen molar-refractivity contribution in [2.75, 3.05) is 26.3 Å². The molecule has 140 valence electrons. The van der Waals surface area contributed by atoms with Gasteiger partial charge in [-0.2, -0.15) is 0 Å². The van der Waals surface area contributed by atoms with Gasteiger partial charge in [-0.25, -0.2) is 9.69 Å². The standard InChI is InChI=1S/C9H8N4O.C9H10N2O.ClH/c1-11-8-2-4-9(5-3-8)14-7-6-12-13-10;1-11-8-2-4-9(5-3-8)12-7-6-10;/h2-5H,6-7H2;2-5H,6-7,10H2;1H. The van der Waals surface area contributed by atoms with E-state index in [0.29, 0.717) is 43.4 Å². The van der Waals surface area contributed by atoms with Crippen molar-refractivity contribution < 1.29 is 9.47 Å². The van der Waals surface area contributed by atoms with Crippen molar-refractivity contribution in [2.24, 2.45) is 10.8 Å². The molecule has 0 aromatic heterocycles. The third kappa shape index (κ3) is 10.2. The Morgan fingerprint density at radius 2 is 1.30 bits per heavy atom. The first-order valence-corrected chi connectivity index (χ1v) is 7.65. The summed E-state index contributed by atoms with van der Waals surface area (Å²) in [6, 6.07) is 13.8. The lowest BCUT2D eigenvalue weighted by atomic mass is 10.3. The molecule has 2 N–H and O–H groups in total. The molecule has 2 rings (SSSR count). The largest absolute Gasteiger partial charge is 0.494 e. The highest BCUT2D eigenvalue weighted by molar-refractivity contribution is 5.85. The van der Waals surface area contributed by atoms with Gasteiger partial charge in [0, 0.05) is 11.5 Å². The van der Waals surface area contributed by atoms with Crippen molar-refractivity contribution in [3.8, 4) is 11.5 Å². The zero-order chi connectivity index (χ0) is 19.0. The van der Waals surface area contributed by atoms with Crippen LogP contribution in [0.4, 0.5) is 11.4 Å². The van der Waals surface area contributed by atoms with E-state index in [9.17, 15) is 0 Å². The molecule has 8 nitrogen and oxygen atoms in total. The Hall–Kier alpha value is -3.42. The summed E-state index contributed by atoms with van der Waals surface area (Å²) in [4.78, 5) is 9.11. The minimum Gasteiger partial charge on any atom is -0.494 e. The zero-order valence-corrected chi connectivity index (χ0v) is 15.3. The normalized spacial score (nSPS) is 8.41. The third-order valence-electron chi connectivity index (χ3n) is 2.84. The highest BCUT2D eigenvalue weighted by Gasteiger charge is 1.93. The van der Waals surface area contributed by atoms with Crippen LogP contribution in [0.25, 0.3) is 20.1 Å². The minimum absolute atomic E-state index is 0. The van der Waals surface area contributed by atoms with Crippen LogP contribution < -0.4 is 15.2 Å². The van der Waals surface area contributed by atoms with Gasteiger partial charge in [0.1, 0.15) is 18.1 Å². The monoisotopic (exact) mass is 386 g/mol. The molecular formula is C18H19ClN6O2. The second-order valence-corrected chi connectivity index (χ2v) is 4.65. The topological polar surface area (TPSA) is 102 Å². The number of ether oxygens (including phenoxy) is 2. The lowest BCUT2D eigenvalue weighted by molar-refractivity contribution is 0.328. The predicted octanol–water partition coefficient (Wildman–Crippen LogP) is 4.92. The molecule has 0 aliphatic carbocycles. The molecule has 2 aromatic rings. The van der Waals surface area contributed by atoms with Crippen LogP contribution in [0, 0.1) is 13.1 Å². The minimum atomic E-state index is 0. The lowest BCUT2D eigenvalue weighted by Crippen LogP contribution is -2.10. The first-order chi connectivity index (χ1) is 12.7. The van der Waals surface area contributed by atoms with Gasteiger partial charge < -0.3 is 15.2 Å². The van der Waals surface area contributed by atoms with E-state index in [1.165, 1.54) is 0 Å². The number of halogens is 1. The summed E-state index contributed by atoms with van der Waals surface area (Å²) < 4.78 is 10.5. The van der Waals surface area contributed by atoms with Crippen molar-refractivity contribution in [3.05, 3.63) is 81.8 Å². The van der Waals surface area contributed by atoms with E-state index in [4.69, 9.17) is 33.9 Å². The second-order valence-electron chi connectivity index (χ2n) is 4.65. The van der Waals surface area contributed by atoms with Crippen molar-refractivity contribution >= 4 is 23.8 Å². The van der Waals surface area contributed by atoms with E-state index in [1.54, 1.807) is 48.5 Å². The van der Waals surface area contributed by atoms with Crippen molar-refractivity contribution in [3.63, 3.8) is 0 Å². The van der Waals surface area contributed by atoms with Crippen LogP contribution in [0.2, 0.25) is 0 Å². The number of nitrogens with zero attached hydrogens (tertiary/aromatic N) is 5. The Morgan fingerprint density at radius 3 is 1.67 bits per heavy atom. The molecule has 0 aliphatic rings. The van der Waals surface area contributed by atoms with Gasteiger partial charge in [0.2, 0.25) is 0 Å². The summed E-state index contributed by atoms with van der Waals surface area (Å²) in [5, 5.41) is 3.33. The molecule has 0 bridgehead atoms. The van der Waals surface area contributed by atoms with Gasteiger partial charge in [0.25, 0.3) is 0 Å². The maximum Gasteiger partial charge on any atom is 0.187 e. The van der Waals surface area contributed by atoms with Crippen LogP contribution in [0.5, 0.6) is 11.5 Å². The summed E-state index contributed by atoms with van der Waals surface area (Å²) in [5.74, 6) is 1.43. The van der Waals surface area contributed by atoms with Crippen molar-refractivity contribution in [1.29, 1.82) is 0 Å². The fourth-order valence-electron chi connectivity index (χ4n) is 1.66. The number of nitrogens with two attached hydrogens (primary N) is 1. The van der Waals surface area contributed by atoms with Crippen LogP contribution in [0.1, 0.15) is 0 Å². The molecule has 0 saturated heterocycles. The molecule has 27 heavy (non-hydrogen) atoms. The van der Waals surface area contributed by atoms with E-state index in [-0.39, 0.29) is 12.4 Å². The van der Waals surface area contributed by atoms with Crippen LogP contribution >= 0.6 is 12.4 Å². The lowest BCUT2D eigenvalue weighted by Gasteiger charge is -2.02. The van der Waals surface area contributed by atoms with E-state index in [1.807, 2.05) is 0 Å². The fraction of sp³-hybridized carbons (Fsp3) is 0.222. The van der Waals surface area contributed by atoms with Crippen LogP contribution in [-0.4, -0.2) is 26.3 Å². The Morgan fingerprint density at radius 1 is 0.852 bits per heavy atom. The molecule has 0 radical (unpaired) electrons. The average Bonchev–Trinajstić information content (AvgIpc) is 2.71. The Bertz CT molecular complexity index is 791. The molecule has 0 spiro atoms. The van der Waals surface area contributed by atoms with Gasteiger partial charge >= 0.3 is 0 Å². The Labute approximate surface area is 164 Å². The first kappa shape index (κ1) is 23.6. The first-order valence-electron chi connectivity index (χ1n) is 7.65. The highest BCUT2D eigenvalue weighted by atomic mass is 35.5. The van der Waals surface area contributed by atoms with E-state index in [2.05, 4.69) is 19.7 Å². The van der Waals surface area contributed by atoms with Crippen LogP contribution in [0.15, 0.2) is 53.6 Å². The number of azide groups is 1. The van der Waals surface area contributed by atoms with Gasteiger partial charge in [0.15, 0.2) is 11.4 Å². The zero-order valence-electron chi connectivity index (χ0n) is 14.5. The molecule has 0 fully saturated rings. The summed E-state index contributed by atoms with van der Waals surface area (Å²) >= 11 is 0. The van der Waals surface area contributed by atoms with Crippen molar-refractivity contribution in [1.82, 2.24) is 0 Å². The maximum atomic E-state index is 8.00. The average molecular weight is 387 g/mol. The van der Waals surface area contributed by atoms with Gasteiger partial charge in [-0.1, -0.05) is 29.4 Å². The molecule has 0 saturated carbocycles. The smallest absolute Gasteiger partial charge is 0.187 e. The van der Waals surface area contributed by atoms with Crippen molar-refractivity contribution in [2.45, 2.75) is 0 Å². The number of benzene rings is 2. The van der Waals surface area contributed by atoms with Gasteiger partial charge in [-0.3, -0.25) is 0 Å². The molecule has 2 aromatic carbocycles. The Balaban J connectivity index is 0.000000488. The van der Waals surface area contributed by atoms with Crippen LogP contribution in [0.3, 0.4) is 0 Å². The number of rotatable bonds is 7. The molecular weight excluding hydrogens is 368 g/mol. The molecule has 0 aliphatic heterocycles. The van der Waals surface area contributed by atoms with Gasteiger partial charge in [0.05, 0.1) is 26.3 Å².